The minimum absolute atomic E-state index is 0.117. The molecule has 0 atom stereocenters. The Hall–Kier alpha value is -1.62. The van der Waals surface area contributed by atoms with Crippen LogP contribution in [0.2, 0.25) is 0 Å². The SMILES string of the molecule is O=C(O)NCc1ncccc1CO. The first-order valence-electron chi connectivity index (χ1n) is 3.74. The Bertz CT molecular complexity index is 301. The number of nitrogens with one attached hydrogen (secondary N) is 1. The number of pyridine rings is 1. The molecule has 1 rings (SSSR count). The van der Waals surface area contributed by atoms with Crippen molar-refractivity contribution in [2.24, 2.45) is 0 Å². The van der Waals surface area contributed by atoms with Crippen LogP contribution in [-0.2, 0) is 13.2 Å². The van der Waals surface area contributed by atoms with E-state index in [0.29, 0.717) is 11.3 Å². The summed E-state index contributed by atoms with van der Waals surface area (Å²) in [4.78, 5) is 14.1. The number of carboxylic acid groups (broad SMARTS) is 1. The quantitative estimate of drug-likeness (QED) is 0.629. The van der Waals surface area contributed by atoms with Crippen LogP contribution in [0, 0.1) is 0 Å². The maximum atomic E-state index is 10.2. The topological polar surface area (TPSA) is 82.5 Å². The Balaban J connectivity index is 2.69. The van der Waals surface area contributed by atoms with Gasteiger partial charge >= 0.3 is 6.09 Å². The van der Waals surface area contributed by atoms with Gasteiger partial charge in [-0.05, 0) is 6.07 Å². The zero-order chi connectivity index (χ0) is 9.68. The summed E-state index contributed by atoms with van der Waals surface area (Å²) in [6.07, 6.45) is 0.451. The molecule has 1 aromatic heterocycles. The molecule has 1 amide bonds. The second-order valence-corrected chi connectivity index (χ2v) is 2.43. The molecule has 0 aromatic carbocycles. The van der Waals surface area contributed by atoms with Crippen molar-refractivity contribution in [3.8, 4) is 0 Å². The number of rotatable bonds is 3. The van der Waals surface area contributed by atoms with Crippen molar-refractivity contribution >= 4 is 6.09 Å². The third-order valence-corrected chi connectivity index (χ3v) is 1.56. The van der Waals surface area contributed by atoms with Crippen LogP contribution in [0.25, 0.3) is 0 Å². The van der Waals surface area contributed by atoms with Crippen molar-refractivity contribution in [2.45, 2.75) is 13.2 Å². The lowest BCUT2D eigenvalue weighted by atomic mass is 10.2. The van der Waals surface area contributed by atoms with Gasteiger partial charge in [-0.3, -0.25) is 4.98 Å². The maximum absolute atomic E-state index is 10.2. The highest BCUT2D eigenvalue weighted by Crippen LogP contribution is 2.04. The molecule has 1 aromatic rings. The molecule has 0 saturated carbocycles. The Labute approximate surface area is 75.0 Å². The minimum Gasteiger partial charge on any atom is -0.465 e. The van der Waals surface area contributed by atoms with E-state index in [1.165, 1.54) is 0 Å². The highest BCUT2D eigenvalue weighted by molar-refractivity contribution is 5.64. The van der Waals surface area contributed by atoms with Crippen LogP contribution >= 0.6 is 0 Å². The average molecular weight is 182 g/mol. The van der Waals surface area contributed by atoms with E-state index in [1.807, 2.05) is 0 Å². The summed E-state index contributed by atoms with van der Waals surface area (Å²) in [6, 6.07) is 3.39. The largest absolute Gasteiger partial charge is 0.465 e. The monoisotopic (exact) mass is 182 g/mol. The molecule has 1 heterocycles. The summed E-state index contributed by atoms with van der Waals surface area (Å²) in [7, 11) is 0. The van der Waals surface area contributed by atoms with Crippen molar-refractivity contribution in [2.75, 3.05) is 0 Å². The van der Waals surface area contributed by atoms with Crippen LogP contribution in [0.3, 0.4) is 0 Å². The molecular formula is C8H10N2O3. The van der Waals surface area contributed by atoms with Gasteiger partial charge in [-0.15, -0.1) is 0 Å². The van der Waals surface area contributed by atoms with Crippen LogP contribution in [0.1, 0.15) is 11.3 Å². The first-order valence-corrected chi connectivity index (χ1v) is 3.74. The number of aliphatic hydroxyl groups excluding tert-OH is 1. The highest BCUT2D eigenvalue weighted by atomic mass is 16.4. The van der Waals surface area contributed by atoms with E-state index < -0.39 is 6.09 Å². The molecule has 0 fully saturated rings. The molecule has 0 radical (unpaired) electrons. The Kier molecular flexibility index (Phi) is 3.22. The Morgan fingerprint density at radius 1 is 1.62 bits per heavy atom. The van der Waals surface area contributed by atoms with Crippen LogP contribution in [-0.4, -0.2) is 21.3 Å². The van der Waals surface area contributed by atoms with Gasteiger partial charge in [0.15, 0.2) is 0 Å². The van der Waals surface area contributed by atoms with Gasteiger partial charge in [0.25, 0.3) is 0 Å². The van der Waals surface area contributed by atoms with Crippen LogP contribution in [0.5, 0.6) is 0 Å². The van der Waals surface area contributed by atoms with Crippen LogP contribution in [0.15, 0.2) is 18.3 Å². The predicted octanol–water partition coefficient (Wildman–Crippen LogP) is 0.341. The molecule has 3 N–H and O–H groups in total. The molecule has 5 heteroatoms. The number of amides is 1. The summed E-state index contributed by atoms with van der Waals surface area (Å²) >= 11 is 0. The van der Waals surface area contributed by atoms with Crippen LogP contribution < -0.4 is 5.32 Å². The van der Waals surface area contributed by atoms with E-state index in [4.69, 9.17) is 10.2 Å². The van der Waals surface area contributed by atoms with Gasteiger partial charge in [0, 0.05) is 11.8 Å². The molecule has 13 heavy (non-hydrogen) atoms. The number of hydrogen-bond donors (Lipinski definition) is 3. The van der Waals surface area contributed by atoms with Crippen LogP contribution in [0.4, 0.5) is 4.79 Å². The summed E-state index contributed by atoms with van der Waals surface area (Å²) in [5.74, 6) is 0. The smallest absolute Gasteiger partial charge is 0.404 e. The first-order chi connectivity index (χ1) is 6.24. The van der Waals surface area contributed by atoms with E-state index in [2.05, 4.69) is 10.3 Å². The van der Waals surface area contributed by atoms with E-state index >= 15 is 0 Å². The van der Waals surface area contributed by atoms with Gasteiger partial charge in [-0.2, -0.15) is 0 Å². The van der Waals surface area contributed by atoms with Gasteiger partial charge < -0.3 is 15.5 Å². The second kappa shape index (κ2) is 4.42. The zero-order valence-corrected chi connectivity index (χ0v) is 6.90. The Morgan fingerprint density at radius 3 is 3.00 bits per heavy atom. The lowest BCUT2D eigenvalue weighted by molar-refractivity contribution is 0.193. The minimum atomic E-state index is -1.10. The standard InChI is InChI=1S/C8H10N2O3/c11-5-6-2-1-3-9-7(6)4-10-8(12)13/h1-3,10-11H,4-5H2,(H,12,13). The second-order valence-electron chi connectivity index (χ2n) is 2.43. The lowest BCUT2D eigenvalue weighted by Crippen LogP contribution is -2.21. The van der Waals surface area contributed by atoms with Gasteiger partial charge in [0.1, 0.15) is 0 Å². The summed E-state index contributed by atoms with van der Waals surface area (Å²) < 4.78 is 0. The Morgan fingerprint density at radius 2 is 2.38 bits per heavy atom. The molecule has 0 spiro atoms. The van der Waals surface area contributed by atoms with Gasteiger partial charge in [-0.1, -0.05) is 6.07 Å². The molecule has 0 aliphatic carbocycles. The van der Waals surface area contributed by atoms with Crippen molar-refractivity contribution in [3.63, 3.8) is 0 Å². The molecule has 0 aliphatic rings. The summed E-state index contributed by atoms with van der Waals surface area (Å²) in [5.41, 5.74) is 1.18. The lowest BCUT2D eigenvalue weighted by Gasteiger charge is -2.04. The van der Waals surface area contributed by atoms with Gasteiger partial charge in [0.05, 0.1) is 18.8 Å². The fourth-order valence-corrected chi connectivity index (χ4v) is 0.934. The predicted molar refractivity (Wildman–Crippen MR) is 45.0 cm³/mol. The molecule has 0 bridgehead atoms. The van der Waals surface area contributed by atoms with Crippen molar-refractivity contribution in [1.82, 2.24) is 10.3 Å². The number of aliphatic hydroxyl groups is 1. The fourth-order valence-electron chi connectivity index (χ4n) is 0.934. The average Bonchev–Trinajstić information content (AvgIpc) is 2.15. The zero-order valence-electron chi connectivity index (χ0n) is 6.90. The molecule has 0 aliphatic heterocycles. The van der Waals surface area contributed by atoms with Gasteiger partial charge in [0.2, 0.25) is 0 Å². The molecular weight excluding hydrogens is 172 g/mol. The molecule has 0 saturated heterocycles. The molecule has 70 valence electrons. The highest BCUT2D eigenvalue weighted by Gasteiger charge is 2.02. The number of nitrogens with zero attached hydrogens (tertiary/aromatic N) is 1. The van der Waals surface area contributed by atoms with Crippen molar-refractivity contribution in [3.05, 3.63) is 29.6 Å². The van der Waals surface area contributed by atoms with Crippen molar-refractivity contribution < 1.29 is 15.0 Å². The fraction of sp³-hybridized carbons (Fsp3) is 0.250. The first kappa shape index (κ1) is 9.47. The van der Waals surface area contributed by atoms with E-state index in [1.54, 1.807) is 18.3 Å². The van der Waals surface area contributed by atoms with E-state index in [0.717, 1.165) is 0 Å². The van der Waals surface area contributed by atoms with Crippen molar-refractivity contribution in [1.29, 1.82) is 0 Å². The normalized spacial score (nSPS) is 9.62. The maximum Gasteiger partial charge on any atom is 0.404 e. The number of hydrogen-bond acceptors (Lipinski definition) is 3. The molecule has 0 unspecified atom stereocenters. The summed E-state index contributed by atoms with van der Waals surface area (Å²) in [5, 5.41) is 19.4. The van der Waals surface area contributed by atoms with Gasteiger partial charge in [-0.25, -0.2) is 4.79 Å². The third kappa shape index (κ3) is 2.72. The van der Waals surface area contributed by atoms with E-state index in [9.17, 15) is 4.79 Å². The number of aromatic nitrogens is 1. The summed E-state index contributed by atoms with van der Waals surface area (Å²) in [6.45, 7) is -0.0173. The molecule has 5 nitrogen and oxygen atoms in total. The third-order valence-electron chi connectivity index (χ3n) is 1.56. The van der Waals surface area contributed by atoms with E-state index in [-0.39, 0.29) is 13.2 Å². The number of carbonyl (C=O) groups is 1.